The monoisotopic (exact) mass is 287 g/mol. The molecule has 0 radical (unpaired) electrons. The van der Waals surface area contributed by atoms with Crippen molar-refractivity contribution < 1.29 is 13.2 Å². The number of fused-ring (bicyclic) bond motifs is 2. The second-order valence-electron chi connectivity index (χ2n) is 6.43. The third-order valence-corrected chi connectivity index (χ3v) is 5.77. The maximum absolute atomic E-state index is 11.8. The van der Waals surface area contributed by atoms with E-state index in [1.54, 1.807) is 0 Å². The molecule has 4 atom stereocenters. The zero-order chi connectivity index (χ0) is 14.0. The third-order valence-electron chi connectivity index (χ3n) is 4.74. The summed E-state index contributed by atoms with van der Waals surface area (Å²) in [6.07, 6.45) is 7.25. The van der Waals surface area contributed by atoms with E-state index in [-0.39, 0.29) is 17.7 Å². The van der Waals surface area contributed by atoms with Gasteiger partial charge in [0.05, 0.1) is 5.75 Å². The van der Waals surface area contributed by atoms with Crippen LogP contribution in [0.1, 0.15) is 45.4 Å². The van der Waals surface area contributed by atoms with E-state index >= 15 is 0 Å². The Kier molecular flexibility index (Phi) is 4.54. The van der Waals surface area contributed by atoms with Crippen molar-refractivity contribution in [1.29, 1.82) is 0 Å². The molecule has 1 amide bonds. The molecule has 5 heteroatoms. The van der Waals surface area contributed by atoms with Gasteiger partial charge < -0.3 is 5.32 Å². The van der Waals surface area contributed by atoms with Gasteiger partial charge in [0, 0.05) is 18.7 Å². The minimum Gasteiger partial charge on any atom is -0.353 e. The van der Waals surface area contributed by atoms with E-state index in [4.69, 9.17) is 0 Å². The van der Waals surface area contributed by atoms with Crippen LogP contribution in [0.25, 0.3) is 0 Å². The number of rotatable bonds is 6. The first kappa shape index (κ1) is 14.8. The fraction of sp³-hybridized carbons (Fsp3) is 0.929. The maximum atomic E-state index is 11.8. The molecule has 110 valence electrons. The molecule has 19 heavy (non-hydrogen) atoms. The molecule has 0 saturated heterocycles. The zero-order valence-electron chi connectivity index (χ0n) is 11.9. The maximum Gasteiger partial charge on any atom is 0.220 e. The van der Waals surface area contributed by atoms with Gasteiger partial charge in [0.2, 0.25) is 5.91 Å². The highest BCUT2D eigenvalue weighted by Gasteiger charge is 2.41. The normalized spacial score (nSPS) is 31.4. The number of hydrogen-bond acceptors (Lipinski definition) is 3. The van der Waals surface area contributed by atoms with Crippen molar-refractivity contribution >= 4 is 15.7 Å². The van der Waals surface area contributed by atoms with E-state index in [0.717, 1.165) is 11.8 Å². The number of nitrogens with one attached hydrogen (secondary N) is 1. The summed E-state index contributed by atoms with van der Waals surface area (Å²) >= 11 is 0. The van der Waals surface area contributed by atoms with Gasteiger partial charge >= 0.3 is 0 Å². The first-order valence-corrected chi connectivity index (χ1v) is 9.38. The summed E-state index contributed by atoms with van der Waals surface area (Å²) in [4.78, 5) is 11.8. The molecule has 2 bridgehead atoms. The lowest BCUT2D eigenvalue weighted by Crippen LogP contribution is -2.40. The Morgan fingerprint density at radius 1 is 1.32 bits per heavy atom. The van der Waals surface area contributed by atoms with Crippen LogP contribution in [0.3, 0.4) is 0 Å². The Bertz CT molecular complexity index is 432. The summed E-state index contributed by atoms with van der Waals surface area (Å²) < 4.78 is 22.0. The van der Waals surface area contributed by atoms with Gasteiger partial charge in [-0.15, -0.1) is 0 Å². The topological polar surface area (TPSA) is 63.2 Å². The van der Waals surface area contributed by atoms with E-state index in [0.29, 0.717) is 18.8 Å². The molecule has 1 N–H and O–H groups in total. The minimum absolute atomic E-state index is 0.000997. The highest BCUT2D eigenvalue weighted by molar-refractivity contribution is 7.90. The number of sulfone groups is 1. The third kappa shape index (κ3) is 4.20. The van der Waals surface area contributed by atoms with E-state index in [1.165, 1.54) is 31.9 Å². The Labute approximate surface area is 116 Å². The van der Waals surface area contributed by atoms with Crippen LogP contribution in [0.15, 0.2) is 0 Å². The van der Waals surface area contributed by atoms with E-state index in [1.807, 2.05) is 0 Å². The largest absolute Gasteiger partial charge is 0.353 e. The van der Waals surface area contributed by atoms with E-state index < -0.39 is 9.84 Å². The van der Waals surface area contributed by atoms with Crippen LogP contribution >= 0.6 is 0 Å². The van der Waals surface area contributed by atoms with Gasteiger partial charge in [-0.1, -0.05) is 6.42 Å². The molecule has 2 saturated carbocycles. The predicted molar refractivity (Wildman–Crippen MR) is 75.5 cm³/mol. The standard InChI is InChI=1S/C14H25NO3S/c1-10(13-9-11-5-6-12(13)8-11)15-14(16)4-3-7-19(2,17)18/h10-13H,3-9H2,1-2H3,(H,15,16). The zero-order valence-corrected chi connectivity index (χ0v) is 12.7. The second kappa shape index (κ2) is 5.81. The van der Waals surface area contributed by atoms with Crippen molar-refractivity contribution in [3.63, 3.8) is 0 Å². The van der Waals surface area contributed by atoms with Crippen molar-refractivity contribution in [2.24, 2.45) is 17.8 Å². The van der Waals surface area contributed by atoms with Crippen LogP contribution in [0.2, 0.25) is 0 Å². The quantitative estimate of drug-likeness (QED) is 0.809. The molecule has 4 unspecified atom stereocenters. The summed E-state index contributed by atoms with van der Waals surface area (Å²) in [7, 11) is -2.95. The Morgan fingerprint density at radius 2 is 2.05 bits per heavy atom. The lowest BCUT2D eigenvalue weighted by Gasteiger charge is -2.28. The molecule has 0 aromatic rings. The molecule has 2 rings (SSSR count). The van der Waals surface area contributed by atoms with Crippen molar-refractivity contribution in [3.8, 4) is 0 Å². The number of carbonyl (C=O) groups is 1. The van der Waals surface area contributed by atoms with Crippen LogP contribution < -0.4 is 5.32 Å². The van der Waals surface area contributed by atoms with Gasteiger partial charge in [-0.3, -0.25) is 4.79 Å². The summed E-state index contributed by atoms with van der Waals surface area (Å²) in [5.41, 5.74) is 0. The van der Waals surface area contributed by atoms with Crippen LogP contribution in [0.4, 0.5) is 0 Å². The molecule has 2 aliphatic rings. The van der Waals surface area contributed by atoms with Crippen molar-refractivity contribution in [2.45, 2.75) is 51.5 Å². The van der Waals surface area contributed by atoms with Crippen LogP contribution in [-0.4, -0.2) is 32.4 Å². The van der Waals surface area contributed by atoms with E-state index in [2.05, 4.69) is 12.2 Å². The van der Waals surface area contributed by atoms with Crippen molar-refractivity contribution in [2.75, 3.05) is 12.0 Å². The van der Waals surface area contributed by atoms with Crippen molar-refractivity contribution in [3.05, 3.63) is 0 Å². The Balaban J connectivity index is 1.70. The van der Waals surface area contributed by atoms with Gasteiger partial charge in [0.1, 0.15) is 9.84 Å². The molecule has 0 aromatic heterocycles. The minimum atomic E-state index is -2.95. The molecule has 0 aliphatic heterocycles. The summed E-state index contributed by atoms with van der Waals surface area (Å²) in [6.45, 7) is 2.10. The fourth-order valence-electron chi connectivity index (χ4n) is 3.83. The highest BCUT2D eigenvalue weighted by Crippen LogP contribution is 2.49. The number of hydrogen-bond donors (Lipinski definition) is 1. The molecule has 4 nitrogen and oxygen atoms in total. The lowest BCUT2D eigenvalue weighted by atomic mass is 9.84. The smallest absolute Gasteiger partial charge is 0.220 e. The summed E-state index contributed by atoms with van der Waals surface area (Å²) in [6, 6.07) is 0.237. The van der Waals surface area contributed by atoms with Gasteiger partial charge in [0.25, 0.3) is 0 Å². The van der Waals surface area contributed by atoms with Gasteiger partial charge in [-0.05, 0) is 50.4 Å². The molecule has 2 fully saturated rings. The van der Waals surface area contributed by atoms with Crippen LogP contribution in [0.5, 0.6) is 0 Å². The SMILES string of the molecule is CC(NC(=O)CCCS(C)(=O)=O)C1CC2CCC1C2. The Hall–Kier alpha value is -0.580. The molecule has 0 aromatic carbocycles. The predicted octanol–water partition coefficient (Wildman–Crippen LogP) is 1.75. The van der Waals surface area contributed by atoms with Gasteiger partial charge in [0.15, 0.2) is 0 Å². The molecule has 0 heterocycles. The highest BCUT2D eigenvalue weighted by atomic mass is 32.2. The van der Waals surface area contributed by atoms with Crippen LogP contribution in [0, 0.1) is 17.8 Å². The summed E-state index contributed by atoms with van der Waals surface area (Å²) in [5, 5.41) is 3.06. The van der Waals surface area contributed by atoms with Crippen molar-refractivity contribution in [1.82, 2.24) is 5.32 Å². The van der Waals surface area contributed by atoms with E-state index in [9.17, 15) is 13.2 Å². The first-order valence-electron chi connectivity index (χ1n) is 7.32. The Morgan fingerprint density at radius 3 is 2.58 bits per heavy atom. The molecular formula is C14H25NO3S. The second-order valence-corrected chi connectivity index (χ2v) is 8.69. The average molecular weight is 287 g/mol. The number of amides is 1. The fourth-order valence-corrected chi connectivity index (χ4v) is 4.50. The van der Waals surface area contributed by atoms with Gasteiger partial charge in [-0.2, -0.15) is 0 Å². The summed E-state index contributed by atoms with van der Waals surface area (Å²) in [5.74, 6) is 2.43. The average Bonchev–Trinajstić information content (AvgIpc) is 2.88. The molecule has 2 aliphatic carbocycles. The van der Waals surface area contributed by atoms with Crippen LogP contribution in [-0.2, 0) is 14.6 Å². The molecular weight excluding hydrogens is 262 g/mol. The lowest BCUT2D eigenvalue weighted by molar-refractivity contribution is -0.122. The van der Waals surface area contributed by atoms with Gasteiger partial charge in [-0.25, -0.2) is 8.42 Å². The number of carbonyl (C=O) groups excluding carboxylic acids is 1. The molecule has 0 spiro atoms. The first-order chi connectivity index (χ1) is 8.85.